The van der Waals surface area contributed by atoms with Crippen LogP contribution in [0.15, 0.2) is 99.5 Å². The molecule has 5 heterocycles. The van der Waals surface area contributed by atoms with Crippen molar-refractivity contribution in [2.75, 3.05) is 0 Å². The first-order valence-corrected chi connectivity index (χ1v) is 19.6. The molecule has 11 rings (SSSR count). The Bertz CT molecular complexity index is 3620. The highest BCUT2D eigenvalue weighted by atomic mass is 32.1. The van der Waals surface area contributed by atoms with Crippen molar-refractivity contribution >= 4 is 132 Å². The van der Waals surface area contributed by atoms with Gasteiger partial charge in [0, 0.05) is 42.8 Å². The molecular formula is C39H16F2N6O4S4. The van der Waals surface area contributed by atoms with Crippen LogP contribution in [-0.4, -0.2) is 28.2 Å². The lowest BCUT2D eigenvalue weighted by Crippen LogP contribution is -2.30. The molecule has 0 aliphatic rings. The van der Waals surface area contributed by atoms with E-state index in [2.05, 4.69) is 22.5 Å². The maximum atomic E-state index is 14.6. The Balaban J connectivity index is 1.12. The van der Waals surface area contributed by atoms with Crippen LogP contribution in [0.4, 0.5) is 19.3 Å². The molecule has 0 aliphatic heterocycles. The second kappa shape index (κ2) is 11.9. The van der Waals surface area contributed by atoms with Crippen molar-refractivity contribution in [3.8, 4) is 10.4 Å². The predicted octanol–water partition coefficient (Wildman–Crippen LogP) is 9.34. The third-order valence-corrected chi connectivity index (χ3v) is 13.2. The zero-order valence-corrected chi connectivity index (χ0v) is 30.8. The van der Waals surface area contributed by atoms with Crippen molar-refractivity contribution in [2.45, 2.75) is 6.61 Å². The first kappa shape index (κ1) is 32.2. The van der Waals surface area contributed by atoms with E-state index in [1.54, 1.807) is 22.0 Å². The Morgan fingerprint density at radius 3 is 2.29 bits per heavy atom. The number of nitrogens with zero attached hydrogens (tertiary/aromatic N) is 6. The Kier molecular flexibility index (Phi) is 6.98. The number of carbonyl (C=O) groups excluding carboxylic acids is 1. The number of carbonyl (C=O) groups is 1. The van der Waals surface area contributed by atoms with Crippen molar-refractivity contribution in [2.24, 2.45) is 4.99 Å². The van der Waals surface area contributed by atoms with E-state index in [1.165, 1.54) is 11.3 Å². The predicted molar refractivity (Wildman–Crippen MR) is 214 cm³/mol. The zero-order chi connectivity index (χ0) is 37.1. The highest BCUT2D eigenvalue weighted by Crippen LogP contribution is 2.48. The van der Waals surface area contributed by atoms with Gasteiger partial charge in [-0.3, -0.25) is 9.59 Å². The van der Waals surface area contributed by atoms with Crippen molar-refractivity contribution < 1.29 is 18.3 Å². The molecule has 10 nitrogen and oxygen atoms in total. The molecule has 0 atom stereocenters. The Morgan fingerprint density at radius 2 is 1.45 bits per heavy atom. The first-order chi connectivity index (χ1) is 26.8. The summed E-state index contributed by atoms with van der Waals surface area (Å²) in [5, 5.41) is 1.15. The molecule has 0 spiro atoms. The summed E-state index contributed by atoms with van der Waals surface area (Å²) in [4.78, 5) is 45.1. The SMILES string of the molecule is O=C(OCc1ccccc1)n1c2cc(-c3cc4c(cc(/N=c5\c(=O)c(=O)c6c(F)cc(F)cc56)c5nsnc54)c4nsnc34)sc2c2sc3ccccc3c21. The number of hydrogen-bond acceptors (Lipinski definition) is 13. The van der Waals surface area contributed by atoms with Crippen LogP contribution in [-0.2, 0) is 11.3 Å². The lowest BCUT2D eigenvalue weighted by Gasteiger charge is -2.08. The van der Waals surface area contributed by atoms with Gasteiger partial charge in [-0.25, -0.2) is 23.1 Å². The molecule has 5 aromatic heterocycles. The van der Waals surface area contributed by atoms with Gasteiger partial charge in [-0.05, 0) is 35.9 Å². The van der Waals surface area contributed by atoms with Crippen molar-refractivity contribution in [1.29, 1.82) is 0 Å². The van der Waals surface area contributed by atoms with E-state index >= 15 is 0 Å². The van der Waals surface area contributed by atoms with Crippen LogP contribution in [0.1, 0.15) is 5.56 Å². The average Bonchev–Trinajstić information content (AvgIpc) is 4.04. The van der Waals surface area contributed by atoms with E-state index < -0.39 is 34.0 Å². The van der Waals surface area contributed by atoms with Gasteiger partial charge >= 0.3 is 6.09 Å². The summed E-state index contributed by atoms with van der Waals surface area (Å²) in [5.41, 5.74) is 3.11. The van der Waals surface area contributed by atoms with Crippen molar-refractivity contribution in [1.82, 2.24) is 22.1 Å². The number of halogens is 2. The zero-order valence-electron chi connectivity index (χ0n) is 27.5. The fourth-order valence-corrected chi connectivity index (χ4v) is 10.9. The van der Waals surface area contributed by atoms with Gasteiger partial charge in [0.2, 0.25) is 5.43 Å². The third-order valence-electron chi connectivity index (χ3n) is 9.64. The normalized spacial score (nSPS) is 12.6. The molecule has 16 heteroatoms. The van der Waals surface area contributed by atoms with Crippen LogP contribution in [0.25, 0.3) is 84.6 Å². The quantitative estimate of drug-likeness (QED) is 0.161. The summed E-state index contributed by atoms with van der Waals surface area (Å²) in [7, 11) is 0. The third kappa shape index (κ3) is 4.72. The largest absolute Gasteiger partial charge is 0.444 e. The number of hydrogen-bond donors (Lipinski definition) is 0. The molecular weight excluding hydrogens is 783 g/mol. The van der Waals surface area contributed by atoms with Gasteiger partial charge < -0.3 is 4.74 Å². The van der Waals surface area contributed by atoms with Crippen LogP contribution in [0.2, 0.25) is 0 Å². The highest BCUT2D eigenvalue weighted by Gasteiger charge is 2.26. The minimum absolute atomic E-state index is 0.117. The van der Waals surface area contributed by atoms with E-state index in [-0.39, 0.29) is 23.0 Å². The topological polar surface area (TPSA) is 129 Å². The molecule has 55 heavy (non-hydrogen) atoms. The fourth-order valence-electron chi connectivity index (χ4n) is 7.22. The van der Waals surface area contributed by atoms with Crippen LogP contribution in [0, 0.1) is 11.6 Å². The van der Waals surface area contributed by atoms with E-state index in [0.29, 0.717) is 44.4 Å². The standard InChI is InChI=1S/C39H16F2N6O4S4/c40-17-10-22-28(23(41)11-17)35(48)36(49)32(22)42-24-13-20-19(30-33(24)46-55-44-30)12-21(31-29(20)43-54-45-31)27-14-25-37(53-27)38-34(18-8-4-5-9-26(18)52-38)47(25)39(50)51-15-16-6-2-1-3-7-16/h1-14H,15H2/b42-32-. The Hall–Kier alpha value is -6.20. The van der Waals surface area contributed by atoms with Crippen LogP contribution in [0.3, 0.4) is 0 Å². The van der Waals surface area contributed by atoms with E-state index in [9.17, 15) is 23.2 Å². The molecule has 0 amide bonds. The molecule has 11 aromatic rings. The van der Waals surface area contributed by atoms with Crippen molar-refractivity contribution in [3.63, 3.8) is 0 Å². The fraction of sp³-hybridized carbons (Fsp3) is 0.0256. The summed E-state index contributed by atoms with van der Waals surface area (Å²) in [6.07, 6.45) is -0.490. The lowest BCUT2D eigenvalue weighted by atomic mass is 10.0. The summed E-state index contributed by atoms with van der Waals surface area (Å²) in [6.45, 7) is 0.117. The highest BCUT2D eigenvalue weighted by molar-refractivity contribution is 7.32. The molecule has 0 N–H and O–H groups in total. The van der Waals surface area contributed by atoms with Gasteiger partial charge in [-0.1, -0.05) is 48.5 Å². The summed E-state index contributed by atoms with van der Waals surface area (Å²) < 4.78 is 57.8. The number of thiophene rings is 2. The van der Waals surface area contributed by atoms with E-state index in [1.807, 2.05) is 66.7 Å². The number of aromatic nitrogens is 5. The van der Waals surface area contributed by atoms with Gasteiger partial charge in [-0.15, -0.1) is 22.7 Å². The Morgan fingerprint density at radius 1 is 0.727 bits per heavy atom. The minimum atomic E-state index is -1.13. The molecule has 264 valence electrons. The van der Waals surface area contributed by atoms with E-state index in [0.717, 1.165) is 70.5 Å². The molecule has 0 unspecified atom stereocenters. The number of benzene rings is 5. The number of ether oxygens (including phenoxy) is 1. The molecule has 6 aromatic carbocycles. The van der Waals surface area contributed by atoms with Crippen LogP contribution < -0.4 is 16.2 Å². The maximum Gasteiger partial charge on any atom is 0.419 e. The van der Waals surface area contributed by atoms with Gasteiger partial charge in [0.25, 0.3) is 5.43 Å². The second-order valence-electron chi connectivity index (χ2n) is 12.7. The van der Waals surface area contributed by atoms with Crippen molar-refractivity contribution in [3.05, 3.63) is 128 Å². The molecule has 0 bridgehead atoms. The molecule has 0 saturated carbocycles. The summed E-state index contributed by atoms with van der Waals surface area (Å²) >= 11 is 5.10. The second-order valence-corrected chi connectivity index (χ2v) is 15.9. The maximum absolute atomic E-state index is 14.6. The Labute approximate surface area is 320 Å². The molecule has 0 saturated heterocycles. The molecule has 0 radical (unpaired) electrons. The molecule has 0 fully saturated rings. The number of rotatable bonds is 4. The smallest absolute Gasteiger partial charge is 0.419 e. The van der Waals surface area contributed by atoms with Gasteiger partial charge in [0.1, 0.15) is 45.7 Å². The van der Waals surface area contributed by atoms with Crippen LogP contribution in [0.5, 0.6) is 0 Å². The van der Waals surface area contributed by atoms with Gasteiger partial charge in [0.15, 0.2) is 0 Å². The minimum Gasteiger partial charge on any atom is -0.444 e. The number of fused-ring (bicyclic) bond motifs is 11. The van der Waals surface area contributed by atoms with Crippen LogP contribution >= 0.6 is 46.1 Å². The molecule has 0 aliphatic carbocycles. The monoisotopic (exact) mass is 798 g/mol. The average molecular weight is 799 g/mol. The lowest BCUT2D eigenvalue weighted by molar-refractivity contribution is 0.143. The van der Waals surface area contributed by atoms with Gasteiger partial charge in [0.05, 0.1) is 55.0 Å². The van der Waals surface area contributed by atoms with Gasteiger partial charge in [-0.2, -0.15) is 17.5 Å². The first-order valence-electron chi connectivity index (χ1n) is 16.5. The summed E-state index contributed by atoms with van der Waals surface area (Å²) in [5.74, 6) is -2.07. The van der Waals surface area contributed by atoms with E-state index in [4.69, 9.17) is 4.74 Å². The summed E-state index contributed by atoms with van der Waals surface area (Å²) in [6, 6.07) is 24.6.